The zero-order valence-corrected chi connectivity index (χ0v) is 17.0. The Morgan fingerprint density at radius 2 is 1.97 bits per heavy atom. The number of fused-ring (bicyclic) bond motifs is 1. The first kappa shape index (κ1) is 20.1. The van der Waals surface area contributed by atoms with E-state index >= 15 is 0 Å². The number of benzene rings is 1. The summed E-state index contributed by atoms with van der Waals surface area (Å²) in [7, 11) is 1.66. The molecule has 5 nitrogen and oxygen atoms in total. The molecule has 1 saturated carbocycles. The predicted molar refractivity (Wildman–Crippen MR) is 109 cm³/mol. The van der Waals surface area contributed by atoms with Crippen LogP contribution in [0.4, 0.5) is 4.39 Å². The van der Waals surface area contributed by atoms with Crippen molar-refractivity contribution in [2.75, 3.05) is 26.7 Å². The fourth-order valence-corrected chi connectivity index (χ4v) is 5.21. The van der Waals surface area contributed by atoms with Crippen molar-refractivity contribution < 1.29 is 19.3 Å². The van der Waals surface area contributed by atoms with Gasteiger partial charge in [-0.25, -0.2) is 4.98 Å². The van der Waals surface area contributed by atoms with Crippen LogP contribution in [0.25, 0.3) is 0 Å². The normalized spacial score (nSPS) is 27.7. The smallest absolute Gasteiger partial charge is 0.255 e. The van der Waals surface area contributed by atoms with Crippen LogP contribution >= 0.6 is 0 Å². The number of hydrogen-bond acceptors (Lipinski definition) is 5. The van der Waals surface area contributed by atoms with Gasteiger partial charge in [-0.3, -0.25) is 0 Å². The molecule has 2 aromatic rings. The fraction of sp³-hybridized carbons (Fsp3) is 0.522. The summed E-state index contributed by atoms with van der Waals surface area (Å²) in [5.41, 5.74) is 1.12. The molecule has 29 heavy (non-hydrogen) atoms. The second-order valence-electron chi connectivity index (χ2n) is 8.85. The highest BCUT2D eigenvalue weighted by Crippen LogP contribution is 2.45. The number of pyridine rings is 1. The molecule has 1 aromatic carbocycles. The lowest BCUT2D eigenvalue weighted by Crippen LogP contribution is -2.33. The molecule has 2 aliphatic rings. The highest BCUT2D eigenvalue weighted by Gasteiger charge is 2.48. The van der Waals surface area contributed by atoms with Crippen LogP contribution in [0, 0.1) is 17.8 Å². The summed E-state index contributed by atoms with van der Waals surface area (Å²) in [6.07, 6.45) is 2.28. The maximum Gasteiger partial charge on any atom is 0.255 e. The first-order valence-corrected chi connectivity index (χ1v) is 10.3. The number of aromatic hydroxyl groups is 1. The molecule has 4 atom stereocenters. The largest absolute Gasteiger partial charge is 0.504 e. The molecule has 2 N–H and O–H groups in total. The minimum atomic E-state index is -0.810. The van der Waals surface area contributed by atoms with Crippen molar-refractivity contribution in [2.45, 2.75) is 37.7 Å². The Morgan fingerprint density at radius 3 is 2.62 bits per heavy atom. The molecule has 0 radical (unpaired) electrons. The standard InChI is InChI=1S/C23H29FN2O3/c1-15(20-6-7-21(27)22(24)25-20)12-26-13-17-10-23(28,11-18(17)14-26)9-16-4-3-5-19(8-16)29-2/h3-8,15,17-18,27-28H,9-14H2,1-2H3/t15?,17-,18+,23-. The van der Waals surface area contributed by atoms with E-state index in [2.05, 4.69) is 9.88 Å². The van der Waals surface area contributed by atoms with Crippen molar-refractivity contribution in [1.29, 1.82) is 0 Å². The first-order valence-electron chi connectivity index (χ1n) is 10.3. The van der Waals surface area contributed by atoms with Crippen molar-refractivity contribution in [3.8, 4) is 11.5 Å². The van der Waals surface area contributed by atoms with Crippen molar-refractivity contribution in [1.82, 2.24) is 9.88 Å². The van der Waals surface area contributed by atoms with Crippen molar-refractivity contribution in [3.05, 3.63) is 53.6 Å². The van der Waals surface area contributed by atoms with E-state index < -0.39 is 17.3 Å². The Morgan fingerprint density at radius 1 is 1.24 bits per heavy atom. The van der Waals surface area contributed by atoms with Crippen LogP contribution in [-0.4, -0.2) is 52.4 Å². The van der Waals surface area contributed by atoms with E-state index in [0.717, 1.165) is 43.8 Å². The van der Waals surface area contributed by atoms with Crippen LogP contribution < -0.4 is 4.74 Å². The summed E-state index contributed by atoms with van der Waals surface area (Å²) in [6.45, 7) is 4.75. The highest BCUT2D eigenvalue weighted by atomic mass is 19.1. The number of rotatable bonds is 6. The lowest BCUT2D eigenvalue weighted by atomic mass is 9.91. The van der Waals surface area contributed by atoms with E-state index in [9.17, 15) is 14.6 Å². The number of methoxy groups -OCH3 is 1. The topological polar surface area (TPSA) is 65.8 Å². The molecule has 1 aliphatic carbocycles. The molecule has 4 rings (SSSR count). The van der Waals surface area contributed by atoms with Gasteiger partial charge < -0.3 is 19.8 Å². The molecule has 2 heterocycles. The van der Waals surface area contributed by atoms with Crippen LogP contribution in [0.1, 0.15) is 36.9 Å². The molecule has 0 bridgehead atoms. The van der Waals surface area contributed by atoms with Crippen molar-refractivity contribution >= 4 is 0 Å². The second kappa shape index (κ2) is 7.92. The Balaban J connectivity index is 1.34. The van der Waals surface area contributed by atoms with Gasteiger partial charge in [0.15, 0.2) is 5.75 Å². The Labute approximate surface area is 171 Å². The van der Waals surface area contributed by atoms with E-state index in [1.54, 1.807) is 13.2 Å². The molecule has 6 heteroatoms. The quantitative estimate of drug-likeness (QED) is 0.728. The van der Waals surface area contributed by atoms with Gasteiger partial charge in [-0.15, -0.1) is 0 Å². The molecular formula is C23H29FN2O3. The Hall–Kier alpha value is -2.18. The second-order valence-corrected chi connectivity index (χ2v) is 8.85. The fourth-order valence-electron chi connectivity index (χ4n) is 5.21. The van der Waals surface area contributed by atoms with Crippen LogP contribution in [0.15, 0.2) is 36.4 Å². The minimum Gasteiger partial charge on any atom is -0.504 e. The highest BCUT2D eigenvalue weighted by molar-refractivity contribution is 5.30. The van der Waals surface area contributed by atoms with Gasteiger partial charge in [0.1, 0.15) is 5.75 Å². The van der Waals surface area contributed by atoms with Crippen LogP contribution in [0.2, 0.25) is 0 Å². The van der Waals surface area contributed by atoms with Gasteiger partial charge in [-0.2, -0.15) is 4.39 Å². The number of hydrogen-bond donors (Lipinski definition) is 2. The number of aromatic nitrogens is 1. The van der Waals surface area contributed by atoms with E-state index in [1.165, 1.54) is 6.07 Å². The van der Waals surface area contributed by atoms with Gasteiger partial charge in [-0.1, -0.05) is 19.1 Å². The Bertz CT molecular complexity index is 861. The molecular weight excluding hydrogens is 371 g/mol. The summed E-state index contributed by atoms with van der Waals surface area (Å²) in [5, 5.41) is 20.5. The summed E-state index contributed by atoms with van der Waals surface area (Å²) >= 11 is 0. The monoisotopic (exact) mass is 400 g/mol. The lowest BCUT2D eigenvalue weighted by Gasteiger charge is -2.27. The molecule has 0 amide bonds. The van der Waals surface area contributed by atoms with E-state index in [1.807, 2.05) is 31.2 Å². The van der Waals surface area contributed by atoms with Gasteiger partial charge in [0.05, 0.1) is 12.7 Å². The molecule has 1 saturated heterocycles. The number of nitrogens with zero attached hydrogens (tertiary/aromatic N) is 2. The van der Waals surface area contributed by atoms with Crippen molar-refractivity contribution in [2.24, 2.45) is 11.8 Å². The third-order valence-corrected chi connectivity index (χ3v) is 6.49. The molecule has 2 fully saturated rings. The van der Waals surface area contributed by atoms with Gasteiger partial charge in [0.25, 0.3) is 5.95 Å². The minimum absolute atomic E-state index is 0.0830. The zero-order valence-electron chi connectivity index (χ0n) is 17.0. The van der Waals surface area contributed by atoms with E-state index in [0.29, 0.717) is 24.0 Å². The third kappa shape index (κ3) is 4.38. The molecule has 1 aromatic heterocycles. The van der Waals surface area contributed by atoms with Crippen LogP contribution in [0.3, 0.4) is 0 Å². The van der Waals surface area contributed by atoms with E-state index in [4.69, 9.17) is 4.74 Å². The zero-order chi connectivity index (χ0) is 20.6. The molecule has 0 spiro atoms. The van der Waals surface area contributed by atoms with Gasteiger partial charge in [0, 0.05) is 37.7 Å². The third-order valence-electron chi connectivity index (χ3n) is 6.49. The lowest BCUT2D eigenvalue weighted by molar-refractivity contribution is 0.0352. The van der Waals surface area contributed by atoms with Crippen molar-refractivity contribution in [3.63, 3.8) is 0 Å². The molecule has 1 aliphatic heterocycles. The Kier molecular flexibility index (Phi) is 5.49. The van der Waals surface area contributed by atoms with E-state index in [-0.39, 0.29) is 5.92 Å². The summed E-state index contributed by atoms with van der Waals surface area (Å²) < 4.78 is 18.8. The summed E-state index contributed by atoms with van der Waals surface area (Å²) in [6, 6.07) is 11.0. The van der Waals surface area contributed by atoms with Gasteiger partial charge >= 0.3 is 0 Å². The van der Waals surface area contributed by atoms with Gasteiger partial charge in [-0.05, 0) is 54.5 Å². The number of halogens is 1. The average Bonchev–Trinajstić information content (AvgIpc) is 3.17. The summed E-state index contributed by atoms with van der Waals surface area (Å²) in [5.74, 6) is 0.662. The first-order chi connectivity index (χ1) is 13.8. The van der Waals surface area contributed by atoms with Crippen LogP contribution in [-0.2, 0) is 6.42 Å². The molecule has 1 unspecified atom stereocenters. The summed E-state index contributed by atoms with van der Waals surface area (Å²) in [4.78, 5) is 6.28. The predicted octanol–water partition coefficient (Wildman–Crippen LogP) is 3.35. The van der Waals surface area contributed by atoms with Gasteiger partial charge in [0.2, 0.25) is 0 Å². The number of ether oxygens (including phenoxy) is 1. The molecule has 156 valence electrons. The maximum atomic E-state index is 13.5. The van der Waals surface area contributed by atoms with Crippen LogP contribution in [0.5, 0.6) is 11.5 Å². The number of likely N-dealkylation sites (tertiary alicyclic amines) is 1. The maximum absolute atomic E-state index is 13.5. The average molecular weight is 400 g/mol. The number of aliphatic hydroxyl groups is 1. The SMILES string of the molecule is COc1cccc(C[C@]2(O)C[C@H]3CN(CC(C)c4ccc(O)c(F)n4)C[C@H]3C2)c1.